The van der Waals surface area contributed by atoms with Crippen molar-refractivity contribution in [3.05, 3.63) is 87.9 Å². The number of carbonyl (C=O) groups is 1. The summed E-state index contributed by atoms with van der Waals surface area (Å²) in [5.41, 5.74) is 4.93. The second kappa shape index (κ2) is 6.21. The average molecular weight is 379 g/mol. The van der Waals surface area contributed by atoms with Gasteiger partial charge in [-0.1, -0.05) is 28.1 Å². The van der Waals surface area contributed by atoms with Gasteiger partial charge in [-0.05, 0) is 60.4 Å². The van der Waals surface area contributed by atoms with Gasteiger partial charge in [-0.25, -0.2) is 4.98 Å². The molecule has 0 unspecified atom stereocenters. The van der Waals surface area contributed by atoms with Gasteiger partial charge in [-0.2, -0.15) is 0 Å². The predicted octanol–water partition coefficient (Wildman–Crippen LogP) is 4.85. The number of nitrogens with zero attached hydrogens (tertiary/aromatic N) is 2. The van der Waals surface area contributed by atoms with Crippen molar-refractivity contribution >= 4 is 27.8 Å². The van der Waals surface area contributed by atoms with Gasteiger partial charge >= 0.3 is 0 Å². The summed E-state index contributed by atoms with van der Waals surface area (Å²) in [5, 5.41) is 0. The summed E-state index contributed by atoms with van der Waals surface area (Å²) < 4.78 is 2.98. The van der Waals surface area contributed by atoms with Gasteiger partial charge in [0, 0.05) is 33.7 Å². The first kappa shape index (κ1) is 15.1. The fourth-order valence-corrected chi connectivity index (χ4v) is 3.45. The third-order valence-electron chi connectivity index (χ3n) is 4.30. The van der Waals surface area contributed by atoms with Crippen molar-refractivity contribution in [3.63, 3.8) is 0 Å². The third kappa shape index (κ3) is 2.85. The van der Waals surface area contributed by atoms with Crippen LogP contribution in [0.5, 0.6) is 0 Å². The van der Waals surface area contributed by atoms with Crippen molar-refractivity contribution in [3.8, 4) is 5.69 Å². The van der Waals surface area contributed by atoms with Gasteiger partial charge < -0.3 is 4.57 Å². The van der Waals surface area contributed by atoms with Crippen LogP contribution in [-0.4, -0.2) is 15.3 Å². The average Bonchev–Trinajstić information content (AvgIpc) is 3.12. The monoisotopic (exact) mass is 378 g/mol. The second-order valence-electron chi connectivity index (χ2n) is 5.86. The molecule has 0 radical (unpaired) electrons. The zero-order chi connectivity index (χ0) is 16.5. The number of halogens is 1. The van der Waals surface area contributed by atoms with Gasteiger partial charge in [0.05, 0.1) is 6.33 Å². The van der Waals surface area contributed by atoms with Gasteiger partial charge in [0.25, 0.3) is 0 Å². The Morgan fingerprint density at radius 3 is 2.67 bits per heavy atom. The molecule has 118 valence electrons. The van der Waals surface area contributed by atoms with E-state index >= 15 is 0 Å². The number of rotatable bonds is 2. The lowest BCUT2D eigenvalue weighted by atomic mass is 9.86. The molecule has 0 N–H and O–H groups in total. The molecule has 3 aromatic rings. The van der Waals surface area contributed by atoms with Gasteiger partial charge in [0.2, 0.25) is 0 Å². The van der Waals surface area contributed by atoms with Gasteiger partial charge in [0.1, 0.15) is 0 Å². The lowest BCUT2D eigenvalue weighted by Gasteiger charge is -2.17. The Kier molecular flexibility index (Phi) is 3.90. The molecule has 24 heavy (non-hydrogen) atoms. The van der Waals surface area contributed by atoms with Crippen molar-refractivity contribution in [2.45, 2.75) is 12.8 Å². The van der Waals surface area contributed by atoms with Crippen molar-refractivity contribution in [1.29, 1.82) is 0 Å². The Bertz CT molecular complexity index is 925. The minimum atomic E-state index is 0.141. The minimum absolute atomic E-state index is 0.141. The number of hydrogen-bond acceptors (Lipinski definition) is 2. The van der Waals surface area contributed by atoms with Crippen LogP contribution < -0.4 is 0 Å². The number of Topliss-reactive ketones (excluding diaryl/α,β-unsaturated/α-hetero) is 1. The molecule has 0 atom stereocenters. The van der Waals surface area contributed by atoms with Crippen LogP contribution in [0.2, 0.25) is 0 Å². The van der Waals surface area contributed by atoms with Crippen LogP contribution in [0.15, 0.2) is 71.2 Å². The number of allylic oxidation sites excluding steroid dienone is 1. The molecule has 3 nitrogen and oxygen atoms in total. The number of hydrogen-bond donors (Lipinski definition) is 0. The third-order valence-corrected chi connectivity index (χ3v) is 4.80. The summed E-state index contributed by atoms with van der Waals surface area (Å²) in [4.78, 5) is 16.7. The highest BCUT2D eigenvalue weighted by atomic mass is 79.9. The van der Waals surface area contributed by atoms with E-state index < -0.39 is 0 Å². The Hall–Kier alpha value is -2.46. The molecule has 1 heterocycles. The maximum absolute atomic E-state index is 12.7. The van der Waals surface area contributed by atoms with E-state index in [0.717, 1.165) is 45.3 Å². The number of aryl methyl sites for hydroxylation is 1. The first-order chi connectivity index (χ1) is 11.7. The first-order valence-electron chi connectivity index (χ1n) is 7.83. The van der Waals surface area contributed by atoms with E-state index in [1.54, 1.807) is 12.5 Å². The second-order valence-corrected chi connectivity index (χ2v) is 6.78. The molecule has 0 saturated heterocycles. The number of ketones is 1. The molecule has 0 aliphatic heterocycles. The summed E-state index contributed by atoms with van der Waals surface area (Å²) >= 11 is 3.47. The van der Waals surface area contributed by atoms with E-state index in [1.165, 1.54) is 0 Å². The van der Waals surface area contributed by atoms with E-state index in [0.29, 0.717) is 0 Å². The Morgan fingerprint density at radius 1 is 1.08 bits per heavy atom. The van der Waals surface area contributed by atoms with Crippen molar-refractivity contribution in [2.75, 3.05) is 0 Å². The van der Waals surface area contributed by atoms with Gasteiger partial charge in [-0.3, -0.25) is 4.79 Å². The van der Waals surface area contributed by atoms with E-state index in [1.807, 2.05) is 59.3 Å². The molecule has 0 amide bonds. The van der Waals surface area contributed by atoms with E-state index in [9.17, 15) is 4.79 Å². The lowest BCUT2D eigenvalue weighted by Crippen LogP contribution is -2.13. The maximum atomic E-state index is 12.7. The molecule has 0 fully saturated rings. The number of fused-ring (bicyclic) bond motifs is 1. The van der Waals surface area contributed by atoms with Crippen LogP contribution in [0.3, 0.4) is 0 Å². The molecular weight excluding hydrogens is 364 g/mol. The van der Waals surface area contributed by atoms with Gasteiger partial charge in [-0.15, -0.1) is 0 Å². The quantitative estimate of drug-likeness (QED) is 0.597. The zero-order valence-corrected chi connectivity index (χ0v) is 14.5. The molecule has 0 bridgehead atoms. The number of imidazole rings is 1. The van der Waals surface area contributed by atoms with Crippen molar-refractivity contribution in [1.82, 2.24) is 9.55 Å². The Balaban J connectivity index is 1.62. The molecule has 4 rings (SSSR count). The standard InChI is InChI=1S/C20H15BrN2O/c21-17-5-8-19-15(12-17)3-4-16(20(19)24)11-14-1-6-18(7-2-14)23-10-9-22-13-23/h1-2,5-13H,3-4H2. The highest BCUT2D eigenvalue weighted by Crippen LogP contribution is 2.29. The summed E-state index contributed by atoms with van der Waals surface area (Å²) in [5.74, 6) is 0.141. The molecule has 2 aromatic carbocycles. The minimum Gasteiger partial charge on any atom is -0.306 e. The number of carbonyl (C=O) groups excluding carboxylic acids is 1. The Morgan fingerprint density at radius 2 is 1.92 bits per heavy atom. The fraction of sp³-hybridized carbons (Fsp3) is 0.100. The van der Waals surface area contributed by atoms with E-state index in [-0.39, 0.29) is 5.78 Å². The molecule has 4 heteroatoms. The van der Waals surface area contributed by atoms with Crippen molar-refractivity contribution < 1.29 is 4.79 Å². The SMILES string of the molecule is O=C1C(=Cc2ccc(-n3ccnc3)cc2)CCc2cc(Br)ccc21. The number of benzene rings is 2. The molecule has 1 aliphatic rings. The molecular formula is C20H15BrN2O. The normalized spacial score (nSPS) is 15.5. The lowest BCUT2D eigenvalue weighted by molar-refractivity contribution is 0.102. The molecule has 1 aromatic heterocycles. The summed E-state index contributed by atoms with van der Waals surface area (Å²) in [6, 6.07) is 14.0. The van der Waals surface area contributed by atoms with Crippen LogP contribution >= 0.6 is 15.9 Å². The largest absolute Gasteiger partial charge is 0.306 e. The Labute approximate surface area is 148 Å². The smallest absolute Gasteiger partial charge is 0.189 e. The molecule has 0 spiro atoms. The van der Waals surface area contributed by atoms with E-state index in [2.05, 4.69) is 20.9 Å². The highest BCUT2D eigenvalue weighted by Gasteiger charge is 2.21. The van der Waals surface area contributed by atoms with Crippen LogP contribution in [-0.2, 0) is 6.42 Å². The van der Waals surface area contributed by atoms with Crippen molar-refractivity contribution in [2.24, 2.45) is 0 Å². The van der Waals surface area contributed by atoms with Crippen LogP contribution in [0.25, 0.3) is 11.8 Å². The maximum Gasteiger partial charge on any atom is 0.189 e. The fourth-order valence-electron chi connectivity index (χ4n) is 3.04. The van der Waals surface area contributed by atoms with Crippen LogP contribution in [0, 0.1) is 0 Å². The predicted molar refractivity (Wildman–Crippen MR) is 98.3 cm³/mol. The summed E-state index contributed by atoms with van der Waals surface area (Å²) in [7, 11) is 0. The van der Waals surface area contributed by atoms with Gasteiger partial charge in [0.15, 0.2) is 5.78 Å². The highest BCUT2D eigenvalue weighted by molar-refractivity contribution is 9.10. The molecule has 1 aliphatic carbocycles. The molecule has 0 saturated carbocycles. The van der Waals surface area contributed by atoms with Crippen LogP contribution in [0.4, 0.5) is 0 Å². The summed E-state index contributed by atoms with van der Waals surface area (Å²) in [6.45, 7) is 0. The van der Waals surface area contributed by atoms with E-state index in [4.69, 9.17) is 0 Å². The topological polar surface area (TPSA) is 34.9 Å². The first-order valence-corrected chi connectivity index (χ1v) is 8.62. The van der Waals surface area contributed by atoms with Crippen LogP contribution in [0.1, 0.15) is 27.9 Å². The number of aromatic nitrogens is 2. The summed E-state index contributed by atoms with van der Waals surface area (Å²) in [6.07, 6.45) is 9.13. The zero-order valence-electron chi connectivity index (χ0n) is 12.9.